The molecule has 1 nitrogen and oxygen atoms in total. The highest BCUT2D eigenvalue weighted by Gasteiger charge is 2.34. The minimum absolute atomic E-state index is 0.571. The SMILES string of the molecule is CCCC1CCC([C@H]2CC=CC3=C2CCC(O)=C3c2cccc3ccccc23)CC1. The zero-order valence-electron chi connectivity index (χ0n) is 18.2. The average molecular weight is 399 g/mol. The number of benzene rings is 2. The standard InChI is InChI=1S/C29H34O/c1-2-7-20-14-16-22(17-15-20)23-11-6-13-27-25(23)18-19-28(30)29(27)26-12-5-9-21-8-3-4-10-24(21)26/h3-6,8-10,12-13,20,22-23,30H,2,7,11,14-19H2,1H3/t20?,22?,23-/m1/s1. The molecule has 0 unspecified atom stereocenters. The van der Waals surface area contributed by atoms with E-state index in [9.17, 15) is 5.11 Å². The van der Waals surface area contributed by atoms with Crippen molar-refractivity contribution in [3.63, 3.8) is 0 Å². The Morgan fingerprint density at radius 2 is 1.73 bits per heavy atom. The van der Waals surface area contributed by atoms with Gasteiger partial charge in [-0.25, -0.2) is 0 Å². The van der Waals surface area contributed by atoms with Gasteiger partial charge in [0.15, 0.2) is 0 Å². The maximum Gasteiger partial charge on any atom is 0.101 e. The first-order valence-corrected chi connectivity index (χ1v) is 12.1. The third kappa shape index (κ3) is 3.53. The lowest BCUT2D eigenvalue weighted by molar-refractivity contribution is 0.211. The molecule has 1 fully saturated rings. The van der Waals surface area contributed by atoms with Gasteiger partial charge in [0.2, 0.25) is 0 Å². The van der Waals surface area contributed by atoms with Gasteiger partial charge < -0.3 is 5.11 Å². The van der Waals surface area contributed by atoms with Crippen LogP contribution in [0.4, 0.5) is 0 Å². The first-order valence-electron chi connectivity index (χ1n) is 12.1. The number of aliphatic hydroxyl groups is 1. The fourth-order valence-corrected chi connectivity index (χ4v) is 6.39. The molecule has 5 rings (SSSR count). The molecule has 30 heavy (non-hydrogen) atoms. The number of hydrogen-bond acceptors (Lipinski definition) is 1. The van der Waals surface area contributed by atoms with Crippen LogP contribution in [0.5, 0.6) is 0 Å². The molecule has 0 bridgehead atoms. The van der Waals surface area contributed by atoms with Crippen LogP contribution in [0.15, 0.2) is 71.5 Å². The van der Waals surface area contributed by atoms with Crippen molar-refractivity contribution in [2.45, 2.75) is 64.7 Å². The molecular weight excluding hydrogens is 364 g/mol. The number of hydrogen-bond donors (Lipinski definition) is 1. The van der Waals surface area contributed by atoms with Gasteiger partial charge in [0.05, 0.1) is 0 Å². The summed E-state index contributed by atoms with van der Waals surface area (Å²) in [7, 11) is 0. The van der Waals surface area contributed by atoms with Gasteiger partial charge in [-0.05, 0) is 65.3 Å². The fourth-order valence-electron chi connectivity index (χ4n) is 6.39. The Hall–Kier alpha value is -2.28. The van der Waals surface area contributed by atoms with E-state index in [1.54, 1.807) is 5.57 Å². The van der Waals surface area contributed by atoms with Crippen molar-refractivity contribution in [2.75, 3.05) is 0 Å². The van der Waals surface area contributed by atoms with Crippen LogP contribution < -0.4 is 0 Å². The van der Waals surface area contributed by atoms with Gasteiger partial charge in [-0.15, -0.1) is 0 Å². The van der Waals surface area contributed by atoms with Gasteiger partial charge in [0, 0.05) is 12.0 Å². The lowest BCUT2D eigenvalue weighted by atomic mass is 9.66. The summed E-state index contributed by atoms with van der Waals surface area (Å²) in [5.74, 6) is 3.02. The highest BCUT2D eigenvalue weighted by molar-refractivity contribution is 5.99. The third-order valence-corrected chi connectivity index (χ3v) is 7.87. The van der Waals surface area contributed by atoms with E-state index in [1.807, 2.05) is 0 Å². The van der Waals surface area contributed by atoms with E-state index in [-0.39, 0.29) is 0 Å². The van der Waals surface area contributed by atoms with Crippen LogP contribution in [0.3, 0.4) is 0 Å². The highest BCUT2D eigenvalue weighted by Crippen LogP contribution is 2.48. The maximum absolute atomic E-state index is 11.0. The molecule has 1 N–H and O–H groups in total. The van der Waals surface area contributed by atoms with E-state index < -0.39 is 0 Å². The predicted molar refractivity (Wildman–Crippen MR) is 127 cm³/mol. The van der Waals surface area contributed by atoms with Gasteiger partial charge in [0.25, 0.3) is 0 Å². The summed E-state index contributed by atoms with van der Waals surface area (Å²) in [5.41, 5.74) is 5.22. The second kappa shape index (κ2) is 8.46. The molecule has 3 aliphatic carbocycles. The number of fused-ring (bicyclic) bond motifs is 1. The molecule has 2 aromatic rings. The average Bonchev–Trinajstić information content (AvgIpc) is 2.79. The Kier molecular flexibility index (Phi) is 5.54. The van der Waals surface area contributed by atoms with E-state index in [1.165, 1.54) is 66.9 Å². The highest BCUT2D eigenvalue weighted by atomic mass is 16.3. The van der Waals surface area contributed by atoms with E-state index in [2.05, 4.69) is 61.5 Å². The molecule has 0 heterocycles. The van der Waals surface area contributed by atoms with Crippen molar-refractivity contribution >= 4 is 16.3 Å². The molecule has 0 aliphatic heterocycles. The summed E-state index contributed by atoms with van der Waals surface area (Å²) in [5, 5.41) is 13.5. The second-order valence-electron chi connectivity index (χ2n) is 9.60. The van der Waals surface area contributed by atoms with E-state index >= 15 is 0 Å². The third-order valence-electron chi connectivity index (χ3n) is 7.87. The number of allylic oxidation sites excluding steroid dienone is 6. The van der Waals surface area contributed by atoms with Crippen molar-refractivity contribution in [3.05, 3.63) is 77.1 Å². The summed E-state index contributed by atoms with van der Waals surface area (Å²) in [6, 6.07) is 15.1. The summed E-state index contributed by atoms with van der Waals surface area (Å²) in [4.78, 5) is 0. The zero-order chi connectivity index (χ0) is 20.5. The van der Waals surface area contributed by atoms with Crippen molar-refractivity contribution in [3.8, 4) is 0 Å². The molecule has 156 valence electrons. The summed E-state index contributed by atoms with van der Waals surface area (Å²) >= 11 is 0. The molecule has 1 saturated carbocycles. The normalized spacial score (nSPS) is 26.9. The van der Waals surface area contributed by atoms with Gasteiger partial charge in [-0.2, -0.15) is 0 Å². The van der Waals surface area contributed by atoms with Crippen LogP contribution in [0.1, 0.15) is 70.3 Å². The second-order valence-corrected chi connectivity index (χ2v) is 9.60. The first-order chi connectivity index (χ1) is 14.8. The Bertz CT molecular complexity index is 1010. The summed E-state index contributed by atoms with van der Waals surface area (Å²) in [6.45, 7) is 2.32. The fraction of sp³-hybridized carbons (Fsp3) is 0.448. The van der Waals surface area contributed by atoms with Gasteiger partial charge in [0.1, 0.15) is 5.76 Å². The lowest BCUT2D eigenvalue weighted by Crippen LogP contribution is -2.26. The van der Waals surface area contributed by atoms with Crippen molar-refractivity contribution in [2.24, 2.45) is 17.8 Å². The van der Waals surface area contributed by atoms with Crippen LogP contribution in [0.2, 0.25) is 0 Å². The molecule has 3 aliphatic rings. The van der Waals surface area contributed by atoms with Crippen LogP contribution in [-0.4, -0.2) is 5.11 Å². The number of aliphatic hydroxyl groups excluding tert-OH is 1. The van der Waals surface area contributed by atoms with Gasteiger partial charge in [-0.3, -0.25) is 0 Å². The Labute approximate surface area is 181 Å². The van der Waals surface area contributed by atoms with Gasteiger partial charge >= 0.3 is 0 Å². The minimum Gasteiger partial charge on any atom is -0.512 e. The minimum atomic E-state index is 0.571. The largest absolute Gasteiger partial charge is 0.512 e. The molecular formula is C29H34O. The van der Waals surface area contributed by atoms with Crippen molar-refractivity contribution in [1.29, 1.82) is 0 Å². The smallest absolute Gasteiger partial charge is 0.101 e. The summed E-state index contributed by atoms with van der Waals surface area (Å²) < 4.78 is 0. The molecule has 0 saturated heterocycles. The first kappa shape index (κ1) is 19.7. The lowest BCUT2D eigenvalue weighted by Gasteiger charge is -2.39. The van der Waals surface area contributed by atoms with Crippen molar-refractivity contribution in [1.82, 2.24) is 0 Å². The Balaban J connectivity index is 1.51. The van der Waals surface area contributed by atoms with E-state index in [4.69, 9.17) is 0 Å². The van der Waals surface area contributed by atoms with Crippen LogP contribution in [-0.2, 0) is 0 Å². The monoisotopic (exact) mass is 398 g/mol. The molecule has 1 heteroatoms. The molecule has 0 spiro atoms. The molecule has 0 aromatic heterocycles. The van der Waals surface area contributed by atoms with Crippen LogP contribution >= 0.6 is 0 Å². The molecule has 1 atom stereocenters. The Morgan fingerprint density at radius 1 is 0.933 bits per heavy atom. The van der Waals surface area contributed by atoms with E-state index in [0.717, 1.165) is 30.3 Å². The zero-order valence-corrected chi connectivity index (χ0v) is 18.2. The van der Waals surface area contributed by atoms with Crippen LogP contribution in [0.25, 0.3) is 16.3 Å². The molecule has 0 amide bonds. The molecule has 2 aromatic carbocycles. The van der Waals surface area contributed by atoms with E-state index in [0.29, 0.717) is 11.7 Å². The van der Waals surface area contributed by atoms with Crippen LogP contribution in [0, 0.1) is 17.8 Å². The quantitative estimate of drug-likeness (QED) is 0.548. The Morgan fingerprint density at radius 3 is 2.57 bits per heavy atom. The predicted octanol–water partition coefficient (Wildman–Crippen LogP) is 8.38. The van der Waals surface area contributed by atoms with Gasteiger partial charge in [-0.1, -0.05) is 92.8 Å². The van der Waals surface area contributed by atoms with Crippen molar-refractivity contribution < 1.29 is 5.11 Å². The summed E-state index contributed by atoms with van der Waals surface area (Å²) in [6.07, 6.45) is 16.0. The maximum atomic E-state index is 11.0. The topological polar surface area (TPSA) is 20.2 Å². The molecule has 0 radical (unpaired) electrons. The number of rotatable bonds is 4.